The monoisotopic (exact) mass is 237 g/mol. The van der Waals surface area contributed by atoms with Crippen molar-refractivity contribution in [3.8, 4) is 5.75 Å². The van der Waals surface area contributed by atoms with Crippen LogP contribution in [0.2, 0.25) is 0 Å². The van der Waals surface area contributed by atoms with Crippen LogP contribution in [-0.4, -0.2) is 26.9 Å². The van der Waals surface area contributed by atoms with Crippen LogP contribution >= 0.6 is 0 Å². The van der Waals surface area contributed by atoms with E-state index < -0.39 is 0 Å². The Balaban J connectivity index is 2.73. The van der Waals surface area contributed by atoms with Gasteiger partial charge in [-0.25, -0.2) is 0 Å². The number of methoxy groups -OCH3 is 1. The number of nitrogens with one attached hydrogen (secondary N) is 1. The highest BCUT2D eigenvalue weighted by Gasteiger charge is 2.14. The van der Waals surface area contributed by atoms with Crippen molar-refractivity contribution in [3.63, 3.8) is 0 Å². The van der Waals surface area contributed by atoms with E-state index in [4.69, 9.17) is 9.47 Å². The first-order chi connectivity index (χ1) is 8.33. The van der Waals surface area contributed by atoms with Gasteiger partial charge in [-0.2, -0.15) is 0 Å². The molecule has 0 saturated heterocycles. The number of rotatable bonds is 8. The molecule has 17 heavy (non-hydrogen) atoms. The maximum Gasteiger partial charge on any atom is 0.123 e. The fourth-order valence-corrected chi connectivity index (χ4v) is 1.91. The summed E-state index contributed by atoms with van der Waals surface area (Å²) in [5.74, 6) is 0.940. The summed E-state index contributed by atoms with van der Waals surface area (Å²) in [6, 6.07) is 8.44. The summed E-state index contributed by atoms with van der Waals surface area (Å²) in [5.41, 5.74) is 1.21. The largest absolute Gasteiger partial charge is 0.496 e. The van der Waals surface area contributed by atoms with Crippen LogP contribution in [0.1, 0.15) is 31.9 Å². The van der Waals surface area contributed by atoms with Crippen LogP contribution < -0.4 is 10.1 Å². The minimum absolute atomic E-state index is 0.294. The molecule has 0 saturated carbocycles. The molecule has 0 heterocycles. The topological polar surface area (TPSA) is 30.5 Å². The van der Waals surface area contributed by atoms with E-state index in [1.807, 2.05) is 25.1 Å². The van der Waals surface area contributed by atoms with Gasteiger partial charge >= 0.3 is 0 Å². The Labute approximate surface area is 104 Å². The number of hydrogen-bond donors (Lipinski definition) is 1. The van der Waals surface area contributed by atoms with Gasteiger partial charge in [0.05, 0.1) is 7.11 Å². The van der Waals surface area contributed by atoms with Gasteiger partial charge < -0.3 is 14.8 Å². The molecule has 0 amide bonds. The SMILES string of the molecule is CCNC(CCOCC)c1ccccc1OC. The van der Waals surface area contributed by atoms with Crippen molar-refractivity contribution >= 4 is 0 Å². The summed E-state index contributed by atoms with van der Waals surface area (Å²) in [6.07, 6.45) is 0.960. The molecule has 3 nitrogen and oxygen atoms in total. The van der Waals surface area contributed by atoms with E-state index in [-0.39, 0.29) is 0 Å². The van der Waals surface area contributed by atoms with Crippen LogP contribution in [0, 0.1) is 0 Å². The molecule has 0 fully saturated rings. The minimum Gasteiger partial charge on any atom is -0.496 e. The average molecular weight is 237 g/mol. The standard InChI is InChI=1S/C14H23NO2/c1-4-15-13(10-11-17-5-2)12-8-6-7-9-14(12)16-3/h6-9,13,15H,4-5,10-11H2,1-3H3. The van der Waals surface area contributed by atoms with E-state index >= 15 is 0 Å². The van der Waals surface area contributed by atoms with Gasteiger partial charge in [0, 0.05) is 24.8 Å². The molecule has 1 N–H and O–H groups in total. The predicted molar refractivity (Wildman–Crippen MR) is 70.5 cm³/mol. The van der Waals surface area contributed by atoms with Crippen molar-refractivity contribution in [1.29, 1.82) is 0 Å². The second kappa shape index (κ2) is 8.09. The fraction of sp³-hybridized carbons (Fsp3) is 0.571. The summed E-state index contributed by atoms with van der Waals surface area (Å²) in [4.78, 5) is 0. The first kappa shape index (κ1) is 14.0. The minimum atomic E-state index is 0.294. The smallest absolute Gasteiger partial charge is 0.123 e. The first-order valence-corrected chi connectivity index (χ1v) is 6.27. The molecular formula is C14H23NO2. The molecule has 0 aliphatic carbocycles. The molecule has 1 atom stereocenters. The second-order valence-corrected chi connectivity index (χ2v) is 3.84. The molecule has 0 aromatic heterocycles. The van der Waals surface area contributed by atoms with Gasteiger partial charge in [0.15, 0.2) is 0 Å². The van der Waals surface area contributed by atoms with Crippen LogP contribution in [0.3, 0.4) is 0 Å². The Kier molecular flexibility index (Phi) is 6.67. The number of ether oxygens (including phenoxy) is 2. The highest BCUT2D eigenvalue weighted by Crippen LogP contribution is 2.26. The maximum atomic E-state index is 5.42. The van der Waals surface area contributed by atoms with Crippen LogP contribution in [0.5, 0.6) is 5.75 Å². The lowest BCUT2D eigenvalue weighted by Gasteiger charge is -2.20. The van der Waals surface area contributed by atoms with Gasteiger partial charge in [-0.1, -0.05) is 25.1 Å². The van der Waals surface area contributed by atoms with E-state index in [1.165, 1.54) is 5.56 Å². The Bertz CT molecular complexity index is 315. The molecule has 1 aromatic rings. The lowest BCUT2D eigenvalue weighted by Crippen LogP contribution is -2.23. The molecule has 0 aliphatic heterocycles. The zero-order valence-electron chi connectivity index (χ0n) is 11.0. The Morgan fingerprint density at radius 2 is 2.00 bits per heavy atom. The van der Waals surface area contributed by atoms with Gasteiger partial charge in [-0.05, 0) is 26.0 Å². The van der Waals surface area contributed by atoms with Gasteiger partial charge in [0.1, 0.15) is 5.75 Å². The zero-order chi connectivity index (χ0) is 12.5. The van der Waals surface area contributed by atoms with Crippen molar-refractivity contribution < 1.29 is 9.47 Å². The lowest BCUT2D eigenvalue weighted by atomic mass is 10.0. The van der Waals surface area contributed by atoms with Gasteiger partial charge in [-0.15, -0.1) is 0 Å². The Hall–Kier alpha value is -1.06. The molecule has 1 aromatic carbocycles. The third kappa shape index (κ3) is 4.36. The van der Waals surface area contributed by atoms with E-state index in [1.54, 1.807) is 7.11 Å². The van der Waals surface area contributed by atoms with Crippen LogP contribution in [0.15, 0.2) is 24.3 Å². The molecule has 0 aliphatic rings. The number of benzene rings is 1. The summed E-state index contributed by atoms with van der Waals surface area (Å²) in [7, 11) is 1.71. The molecule has 1 unspecified atom stereocenters. The van der Waals surface area contributed by atoms with E-state index in [0.717, 1.165) is 31.9 Å². The first-order valence-electron chi connectivity index (χ1n) is 6.27. The highest BCUT2D eigenvalue weighted by molar-refractivity contribution is 5.35. The van der Waals surface area contributed by atoms with E-state index in [0.29, 0.717) is 6.04 Å². The molecule has 96 valence electrons. The molecular weight excluding hydrogens is 214 g/mol. The van der Waals surface area contributed by atoms with Gasteiger partial charge in [0.2, 0.25) is 0 Å². The summed E-state index contributed by atoms with van der Waals surface area (Å²) >= 11 is 0. The molecule has 0 bridgehead atoms. The quantitative estimate of drug-likeness (QED) is 0.705. The summed E-state index contributed by atoms with van der Waals surface area (Å²) in [6.45, 7) is 6.61. The van der Waals surface area contributed by atoms with Crippen molar-refractivity contribution in [3.05, 3.63) is 29.8 Å². The van der Waals surface area contributed by atoms with E-state index in [2.05, 4.69) is 18.3 Å². The summed E-state index contributed by atoms with van der Waals surface area (Å²) < 4.78 is 10.8. The molecule has 1 rings (SSSR count). The highest BCUT2D eigenvalue weighted by atomic mass is 16.5. The van der Waals surface area contributed by atoms with Crippen molar-refractivity contribution in [2.75, 3.05) is 26.9 Å². The van der Waals surface area contributed by atoms with Crippen LogP contribution in [0.4, 0.5) is 0 Å². The number of para-hydroxylation sites is 1. The van der Waals surface area contributed by atoms with Crippen molar-refractivity contribution in [2.45, 2.75) is 26.3 Å². The predicted octanol–water partition coefficient (Wildman–Crippen LogP) is 2.77. The Morgan fingerprint density at radius 1 is 1.24 bits per heavy atom. The molecule has 0 spiro atoms. The van der Waals surface area contributed by atoms with Crippen molar-refractivity contribution in [2.24, 2.45) is 0 Å². The van der Waals surface area contributed by atoms with Crippen LogP contribution in [0.25, 0.3) is 0 Å². The second-order valence-electron chi connectivity index (χ2n) is 3.84. The van der Waals surface area contributed by atoms with Crippen molar-refractivity contribution in [1.82, 2.24) is 5.32 Å². The normalized spacial score (nSPS) is 12.4. The number of hydrogen-bond acceptors (Lipinski definition) is 3. The molecule has 3 heteroatoms. The van der Waals surface area contributed by atoms with Crippen LogP contribution in [-0.2, 0) is 4.74 Å². The summed E-state index contributed by atoms with van der Waals surface area (Å²) in [5, 5.41) is 3.47. The fourth-order valence-electron chi connectivity index (χ4n) is 1.91. The Morgan fingerprint density at radius 3 is 2.65 bits per heavy atom. The van der Waals surface area contributed by atoms with Gasteiger partial charge in [0.25, 0.3) is 0 Å². The zero-order valence-corrected chi connectivity index (χ0v) is 11.0. The van der Waals surface area contributed by atoms with E-state index in [9.17, 15) is 0 Å². The lowest BCUT2D eigenvalue weighted by molar-refractivity contribution is 0.136. The average Bonchev–Trinajstić information content (AvgIpc) is 2.38. The molecule has 0 radical (unpaired) electrons. The maximum absolute atomic E-state index is 5.42. The van der Waals surface area contributed by atoms with Gasteiger partial charge in [-0.3, -0.25) is 0 Å². The third-order valence-corrected chi connectivity index (χ3v) is 2.72. The third-order valence-electron chi connectivity index (χ3n) is 2.72.